The van der Waals surface area contributed by atoms with E-state index < -0.39 is 67.2 Å². The van der Waals surface area contributed by atoms with Crippen LogP contribution in [0.4, 0.5) is 4.79 Å². The number of carbonyl (C=O) groups is 5. The van der Waals surface area contributed by atoms with E-state index >= 15 is 0 Å². The third kappa shape index (κ3) is 8.19. The van der Waals surface area contributed by atoms with E-state index in [2.05, 4.69) is 5.32 Å². The number of rotatable bonds is 7. The van der Waals surface area contributed by atoms with Crippen molar-refractivity contribution in [1.82, 2.24) is 5.32 Å². The maximum atomic E-state index is 12.5. The number of nitrogens with one attached hydrogen (secondary N) is 1. The highest BCUT2D eigenvalue weighted by Crippen LogP contribution is 2.28. The lowest BCUT2D eigenvalue weighted by atomic mass is 9.97. The van der Waals surface area contributed by atoms with Gasteiger partial charge in [-0.1, -0.05) is 11.6 Å². The van der Waals surface area contributed by atoms with Crippen molar-refractivity contribution in [2.24, 2.45) is 0 Å². The van der Waals surface area contributed by atoms with Gasteiger partial charge in [0.05, 0.1) is 0 Å². The van der Waals surface area contributed by atoms with Gasteiger partial charge in [0.1, 0.15) is 18.5 Å². The Bertz CT molecular complexity index is 920. The molecular formula is C21H24ClNO11. The predicted molar refractivity (Wildman–Crippen MR) is 113 cm³/mol. The van der Waals surface area contributed by atoms with Crippen LogP contribution < -0.4 is 10.1 Å². The van der Waals surface area contributed by atoms with Crippen molar-refractivity contribution in [3.8, 4) is 5.75 Å². The van der Waals surface area contributed by atoms with Gasteiger partial charge in [-0.15, -0.1) is 0 Å². The Kier molecular flexibility index (Phi) is 9.63. The maximum absolute atomic E-state index is 12.5. The molecular weight excluding hydrogens is 478 g/mol. The van der Waals surface area contributed by atoms with Crippen LogP contribution in [-0.4, -0.2) is 67.2 Å². The van der Waals surface area contributed by atoms with Crippen molar-refractivity contribution in [3.63, 3.8) is 0 Å². The van der Waals surface area contributed by atoms with E-state index in [-0.39, 0.29) is 5.75 Å². The first kappa shape index (κ1) is 26.9. The Morgan fingerprint density at radius 3 is 1.88 bits per heavy atom. The van der Waals surface area contributed by atoms with Gasteiger partial charge < -0.3 is 28.4 Å². The molecule has 12 nitrogen and oxygen atoms in total. The lowest BCUT2D eigenvalue weighted by Gasteiger charge is -2.44. The van der Waals surface area contributed by atoms with Crippen LogP contribution in [0.2, 0.25) is 5.02 Å². The molecule has 3 unspecified atom stereocenters. The van der Waals surface area contributed by atoms with E-state index in [1.807, 2.05) is 0 Å². The standard InChI is InChI=1S/C21H24ClNO11/c1-10(24)29-9-16-17(30-11(2)25)18(31-12(3)26)19(32-13(4)27)20(34-16)23-21(28)33-15-7-5-14(22)6-8-15/h5-8,16-20H,9H2,1-4H3,(H,23,28)/t16?,17-,18?,19?,20+/m0/s1. The van der Waals surface area contributed by atoms with Crippen molar-refractivity contribution in [2.45, 2.75) is 58.3 Å². The number of halogens is 1. The van der Waals surface area contributed by atoms with Crippen molar-refractivity contribution in [1.29, 1.82) is 0 Å². The van der Waals surface area contributed by atoms with Crippen LogP contribution in [0.1, 0.15) is 27.7 Å². The smallest absolute Gasteiger partial charge is 0.414 e. The molecule has 0 radical (unpaired) electrons. The van der Waals surface area contributed by atoms with E-state index in [1.165, 1.54) is 24.3 Å². The Morgan fingerprint density at radius 2 is 1.35 bits per heavy atom. The lowest BCUT2D eigenvalue weighted by molar-refractivity contribution is -0.255. The summed E-state index contributed by atoms with van der Waals surface area (Å²) in [6, 6.07) is 5.88. The molecule has 13 heteroatoms. The molecule has 1 aromatic carbocycles. The second-order valence-corrected chi connectivity index (χ2v) is 7.54. The highest BCUT2D eigenvalue weighted by atomic mass is 35.5. The molecule has 0 spiro atoms. The number of esters is 4. The number of carbonyl (C=O) groups excluding carboxylic acids is 5. The summed E-state index contributed by atoms with van der Waals surface area (Å²) < 4.78 is 31.6. The highest BCUT2D eigenvalue weighted by Gasteiger charge is 2.52. The van der Waals surface area contributed by atoms with Crippen molar-refractivity contribution in [3.05, 3.63) is 29.3 Å². The molecule has 0 bridgehead atoms. The van der Waals surface area contributed by atoms with Crippen LogP contribution in [0.25, 0.3) is 0 Å². The van der Waals surface area contributed by atoms with Crippen LogP contribution >= 0.6 is 11.6 Å². The van der Waals surface area contributed by atoms with Gasteiger partial charge in [0.15, 0.2) is 24.5 Å². The minimum absolute atomic E-state index is 0.146. The largest absolute Gasteiger partial charge is 0.463 e. The van der Waals surface area contributed by atoms with Crippen molar-refractivity contribution < 1.29 is 52.4 Å². The molecule has 0 aromatic heterocycles. The van der Waals surface area contributed by atoms with Crippen LogP contribution in [0.5, 0.6) is 5.75 Å². The second-order valence-electron chi connectivity index (χ2n) is 7.11. The topological polar surface area (TPSA) is 153 Å². The van der Waals surface area contributed by atoms with Crippen LogP contribution in [0, 0.1) is 0 Å². The summed E-state index contributed by atoms with van der Waals surface area (Å²) >= 11 is 5.81. The average molecular weight is 502 g/mol. The van der Waals surface area contributed by atoms with Crippen LogP contribution in [-0.2, 0) is 42.9 Å². The van der Waals surface area contributed by atoms with Gasteiger partial charge in [0, 0.05) is 32.7 Å². The summed E-state index contributed by atoms with van der Waals surface area (Å²) in [5, 5.41) is 2.79. The van der Waals surface area contributed by atoms with E-state index in [1.54, 1.807) is 0 Å². The first-order chi connectivity index (χ1) is 16.0. The predicted octanol–water partition coefficient (Wildman–Crippen LogP) is 1.51. The summed E-state index contributed by atoms with van der Waals surface area (Å²) in [7, 11) is 0. The summed E-state index contributed by atoms with van der Waals surface area (Å²) in [5.41, 5.74) is 0. The quantitative estimate of drug-likeness (QED) is 0.427. The average Bonchev–Trinajstić information content (AvgIpc) is 2.71. The molecule has 34 heavy (non-hydrogen) atoms. The molecule has 1 amide bonds. The fourth-order valence-electron chi connectivity index (χ4n) is 3.10. The van der Waals surface area contributed by atoms with Gasteiger partial charge in [0.25, 0.3) is 0 Å². The van der Waals surface area contributed by atoms with Crippen LogP contribution in [0.15, 0.2) is 24.3 Å². The van der Waals surface area contributed by atoms with E-state index in [0.29, 0.717) is 5.02 Å². The molecule has 0 saturated carbocycles. The molecule has 1 aliphatic rings. The minimum Gasteiger partial charge on any atom is -0.463 e. The molecule has 0 aliphatic carbocycles. The minimum atomic E-state index is -1.45. The molecule has 1 aromatic rings. The molecule has 2 rings (SSSR count). The molecule has 1 saturated heterocycles. The fraction of sp³-hybridized carbons (Fsp3) is 0.476. The number of hydrogen-bond acceptors (Lipinski definition) is 11. The lowest BCUT2D eigenvalue weighted by Crippen LogP contribution is -2.66. The monoisotopic (exact) mass is 501 g/mol. The molecule has 5 atom stereocenters. The van der Waals surface area contributed by atoms with E-state index in [9.17, 15) is 24.0 Å². The number of benzene rings is 1. The third-order valence-corrected chi connectivity index (χ3v) is 4.53. The van der Waals surface area contributed by atoms with Gasteiger partial charge in [0.2, 0.25) is 0 Å². The first-order valence-corrected chi connectivity index (χ1v) is 10.4. The Morgan fingerprint density at radius 1 is 0.824 bits per heavy atom. The zero-order valence-corrected chi connectivity index (χ0v) is 19.5. The van der Waals surface area contributed by atoms with Gasteiger partial charge >= 0.3 is 30.0 Å². The normalized spacial score (nSPS) is 23.7. The SMILES string of the molecule is CC(=O)OCC1O[C@@H](NC(=O)Oc2ccc(Cl)cc2)C(OC(C)=O)C(OC(C)=O)[C@H]1OC(C)=O. The number of hydrogen-bond donors (Lipinski definition) is 1. The first-order valence-electron chi connectivity index (χ1n) is 10.0. The van der Waals surface area contributed by atoms with Gasteiger partial charge in [-0.3, -0.25) is 24.5 Å². The zero-order valence-electron chi connectivity index (χ0n) is 18.8. The Labute approximate surface area is 199 Å². The highest BCUT2D eigenvalue weighted by molar-refractivity contribution is 6.30. The summed E-state index contributed by atoms with van der Waals surface area (Å²) in [5.74, 6) is -2.89. The fourth-order valence-corrected chi connectivity index (χ4v) is 3.23. The molecule has 1 N–H and O–H groups in total. The molecule has 1 heterocycles. The zero-order chi connectivity index (χ0) is 25.4. The Balaban J connectivity index is 2.35. The van der Waals surface area contributed by atoms with Crippen molar-refractivity contribution >= 4 is 41.6 Å². The molecule has 1 fully saturated rings. The third-order valence-electron chi connectivity index (χ3n) is 4.28. The maximum Gasteiger partial charge on any atom is 0.414 e. The van der Waals surface area contributed by atoms with Gasteiger partial charge in [-0.2, -0.15) is 0 Å². The van der Waals surface area contributed by atoms with Gasteiger partial charge in [-0.25, -0.2) is 4.79 Å². The summed E-state index contributed by atoms with van der Waals surface area (Å²) in [6.45, 7) is 3.99. The summed E-state index contributed by atoms with van der Waals surface area (Å²) in [4.78, 5) is 59.1. The van der Waals surface area contributed by atoms with E-state index in [4.69, 9.17) is 40.0 Å². The van der Waals surface area contributed by atoms with E-state index in [0.717, 1.165) is 27.7 Å². The van der Waals surface area contributed by atoms with Gasteiger partial charge in [-0.05, 0) is 24.3 Å². The number of amides is 1. The summed E-state index contributed by atoms with van der Waals surface area (Å²) in [6.07, 6.45) is -7.86. The second kappa shape index (κ2) is 12.2. The molecule has 186 valence electrons. The molecule has 1 aliphatic heterocycles. The number of ether oxygens (including phenoxy) is 6. The van der Waals surface area contributed by atoms with Crippen molar-refractivity contribution in [2.75, 3.05) is 6.61 Å². The Hall–Kier alpha value is -3.38. The van der Waals surface area contributed by atoms with Crippen LogP contribution in [0.3, 0.4) is 0 Å².